The summed E-state index contributed by atoms with van der Waals surface area (Å²) in [6.45, 7) is 0. The van der Waals surface area contributed by atoms with E-state index in [-0.39, 0.29) is 11.7 Å². The van der Waals surface area contributed by atoms with Crippen LogP contribution in [-0.4, -0.2) is 26.0 Å². The Morgan fingerprint density at radius 2 is 1.81 bits per heavy atom. The lowest BCUT2D eigenvalue weighted by Crippen LogP contribution is -2.41. The predicted molar refractivity (Wildman–Crippen MR) is 124 cm³/mol. The number of benzene rings is 3. The monoisotopic (exact) mass is 465 g/mol. The van der Waals surface area contributed by atoms with E-state index in [2.05, 4.69) is 20.9 Å². The van der Waals surface area contributed by atoms with E-state index in [1.807, 2.05) is 30.3 Å². The molecule has 0 unspecified atom stereocenters. The molecule has 1 aliphatic rings. The fourth-order valence-electron chi connectivity index (χ4n) is 3.53. The highest BCUT2D eigenvalue weighted by Gasteiger charge is 2.38. The molecule has 3 aromatic carbocycles. The predicted octanol–water partition coefficient (Wildman–Crippen LogP) is 5.14. The van der Waals surface area contributed by atoms with Crippen LogP contribution < -0.4 is 10.7 Å². The van der Waals surface area contributed by atoms with Crippen LogP contribution in [0.2, 0.25) is 5.02 Å². The third kappa shape index (κ3) is 4.06. The number of hydrogen-bond donors (Lipinski definition) is 2. The first kappa shape index (κ1) is 20.5. The molecular weight excluding hydrogens is 449 g/mol. The summed E-state index contributed by atoms with van der Waals surface area (Å²) in [5, 5.41) is 12.0. The van der Waals surface area contributed by atoms with Crippen LogP contribution in [0.25, 0.3) is 11.4 Å². The number of rotatable bonds is 4. The van der Waals surface area contributed by atoms with Gasteiger partial charge in [0, 0.05) is 16.3 Å². The van der Waals surface area contributed by atoms with Crippen molar-refractivity contribution >= 4 is 35.0 Å². The van der Waals surface area contributed by atoms with E-state index in [1.54, 1.807) is 41.1 Å². The van der Waals surface area contributed by atoms with Gasteiger partial charge in [0.05, 0.1) is 6.04 Å². The van der Waals surface area contributed by atoms with Crippen LogP contribution in [-0.2, 0) is 4.79 Å². The number of hydrogen-bond acceptors (Lipinski definition) is 5. The average Bonchev–Trinajstić information content (AvgIpc) is 3.22. The third-order valence-corrected chi connectivity index (χ3v) is 6.50. The third-order valence-electron chi connectivity index (χ3n) is 5.05. The van der Waals surface area contributed by atoms with E-state index in [0.29, 0.717) is 21.7 Å². The van der Waals surface area contributed by atoms with Crippen molar-refractivity contribution in [3.63, 3.8) is 0 Å². The largest absolute Gasteiger partial charge is 0.325 e. The van der Waals surface area contributed by atoms with Crippen molar-refractivity contribution in [2.75, 3.05) is 10.7 Å². The fraction of sp³-hybridized carbons (Fsp3) is 0.0870. The van der Waals surface area contributed by atoms with Gasteiger partial charge in [-0.05, 0) is 35.9 Å². The maximum atomic E-state index is 13.6. The second-order valence-electron chi connectivity index (χ2n) is 7.20. The molecule has 9 heteroatoms. The zero-order valence-electron chi connectivity index (χ0n) is 16.6. The SMILES string of the molecule is O=C(Nc1cccc(Cl)c1)[C@H]1Sc2nnc(-c3ccccc3)n2N[C@H]1c1ccc(F)cc1. The van der Waals surface area contributed by atoms with Gasteiger partial charge in [-0.3, -0.25) is 4.79 Å². The molecule has 0 aliphatic carbocycles. The van der Waals surface area contributed by atoms with Gasteiger partial charge in [-0.15, -0.1) is 10.2 Å². The van der Waals surface area contributed by atoms with E-state index in [0.717, 1.165) is 11.1 Å². The smallest absolute Gasteiger partial charge is 0.240 e. The molecule has 0 saturated heterocycles. The van der Waals surface area contributed by atoms with Gasteiger partial charge in [0.25, 0.3) is 0 Å². The molecule has 4 aromatic rings. The van der Waals surface area contributed by atoms with Gasteiger partial charge in [-0.25, -0.2) is 9.07 Å². The molecule has 2 N–H and O–H groups in total. The minimum Gasteiger partial charge on any atom is -0.325 e. The molecule has 0 saturated carbocycles. The Balaban J connectivity index is 1.51. The highest BCUT2D eigenvalue weighted by Crippen LogP contribution is 2.39. The van der Waals surface area contributed by atoms with Gasteiger partial charge in [-0.2, -0.15) is 0 Å². The first-order chi connectivity index (χ1) is 15.6. The summed E-state index contributed by atoms with van der Waals surface area (Å²) in [5.41, 5.74) is 5.62. The lowest BCUT2D eigenvalue weighted by atomic mass is 10.0. The normalized spacial score (nSPS) is 17.3. The molecule has 1 amide bonds. The Hall–Kier alpha value is -3.36. The molecular formula is C23H17ClFN5OS. The fourth-order valence-corrected chi connectivity index (χ4v) is 4.80. The maximum Gasteiger partial charge on any atom is 0.240 e. The highest BCUT2D eigenvalue weighted by atomic mass is 35.5. The first-order valence-electron chi connectivity index (χ1n) is 9.84. The zero-order valence-corrected chi connectivity index (χ0v) is 18.1. The molecule has 1 aromatic heterocycles. The standard InChI is InChI=1S/C23H17ClFN5OS/c24-16-7-4-8-18(13-16)26-22(31)20-19(14-9-11-17(25)12-10-14)29-30-21(27-28-23(30)32-20)15-5-2-1-3-6-15/h1-13,19-20,29H,(H,26,31)/t19-,20-/m0/s1. The van der Waals surface area contributed by atoms with Crippen molar-refractivity contribution in [1.82, 2.24) is 14.9 Å². The molecule has 6 nitrogen and oxygen atoms in total. The zero-order chi connectivity index (χ0) is 22.1. The van der Waals surface area contributed by atoms with Crippen LogP contribution in [0.5, 0.6) is 0 Å². The minimum atomic E-state index is -0.584. The molecule has 0 bridgehead atoms. The van der Waals surface area contributed by atoms with Crippen molar-refractivity contribution in [3.05, 3.63) is 95.3 Å². The second-order valence-corrected chi connectivity index (χ2v) is 8.75. The van der Waals surface area contributed by atoms with Crippen molar-refractivity contribution in [1.29, 1.82) is 0 Å². The molecule has 160 valence electrons. The van der Waals surface area contributed by atoms with Crippen LogP contribution >= 0.6 is 23.4 Å². The van der Waals surface area contributed by atoms with Gasteiger partial charge in [-0.1, -0.05) is 71.9 Å². The Kier molecular flexibility index (Phi) is 5.55. The molecule has 2 atom stereocenters. The van der Waals surface area contributed by atoms with Crippen molar-refractivity contribution < 1.29 is 9.18 Å². The number of nitrogens with one attached hydrogen (secondary N) is 2. The molecule has 5 rings (SSSR count). The average molecular weight is 466 g/mol. The number of amides is 1. The Bertz CT molecular complexity index is 1270. The van der Waals surface area contributed by atoms with E-state index < -0.39 is 11.3 Å². The van der Waals surface area contributed by atoms with Gasteiger partial charge in [0.1, 0.15) is 11.1 Å². The molecule has 32 heavy (non-hydrogen) atoms. The van der Waals surface area contributed by atoms with Gasteiger partial charge in [0.2, 0.25) is 11.1 Å². The lowest BCUT2D eigenvalue weighted by molar-refractivity contribution is -0.116. The number of thioether (sulfide) groups is 1. The summed E-state index contributed by atoms with van der Waals surface area (Å²) in [6.07, 6.45) is 0. The minimum absolute atomic E-state index is 0.227. The topological polar surface area (TPSA) is 71.8 Å². The van der Waals surface area contributed by atoms with Crippen LogP contribution in [0.15, 0.2) is 84.0 Å². The number of carbonyl (C=O) groups is 1. The maximum absolute atomic E-state index is 13.6. The van der Waals surface area contributed by atoms with Crippen LogP contribution in [0.3, 0.4) is 0 Å². The molecule has 0 fully saturated rings. The summed E-state index contributed by atoms with van der Waals surface area (Å²) < 4.78 is 15.3. The number of anilines is 1. The number of halogens is 2. The Morgan fingerprint density at radius 1 is 1.03 bits per heavy atom. The van der Waals surface area contributed by atoms with Crippen molar-refractivity contribution in [2.24, 2.45) is 0 Å². The lowest BCUT2D eigenvalue weighted by Gasteiger charge is -2.33. The van der Waals surface area contributed by atoms with Crippen LogP contribution in [0, 0.1) is 5.82 Å². The van der Waals surface area contributed by atoms with Gasteiger partial charge >= 0.3 is 0 Å². The number of fused-ring (bicyclic) bond motifs is 1. The summed E-state index contributed by atoms with van der Waals surface area (Å²) >= 11 is 7.35. The second kappa shape index (κ2) is 8.64. The molecule has 1 aliphatic heterocycles. The van der Waals surface area contributed by atoms with Crippen molar-refractivity contribution in [3.8, 4) is 11.4 Å². The summed E-state index contributed by atoms with van der Waals surface area (Å²) in [7, 11) is 0. The van der Waals surface area contributed by atoms with E-state index >= 15 is 0 Å². The highest BCUT2D eigenvalue weighted by molar-refractivity contribution is 8.00. The van der Waals surface area contributed by atoms with E-state index in [1.165, 1.54) is 23.9 Å². The Labute approximate surface area is 192 Å². The van der Waals surface area contributed by atoms with Gasteiger partial charge < -0.3 is 10.7 Å². The summed E-state index contributed by atoms with van der Waals surface area (Å²) in [4.78, 5) is 13.3. The van der Waals surface area contributed by atoms with Crippen LogP contribution in [0.1, 0.15) is 11.6 Å². The number of carbonyl (C=O) groups excluding carboxylic acids is 1. The molecule has 2 heterocycles. The number of nitrogens with zero attached hydrogens (tertiary/aromatic N) is 3. The van der Waals surface area contributed by atoms with Gasteiger partial charge in [0.15, 0.2) is 5.82 Å². The van der Waals surface area contributed by atoms with Crippen molar-refractivity contribution in [2.45, 2.75) is 16.4 Å². The summed E-state index contributed by atoms with van der Waals surface area (Å²) in [5.74, 6) is 0.0654. The first-order valence-corrected chi connectivity index (χ1v) is 11.1. The quantitative estimate of drug-likeness (QED) is 0.437. The number of aromatic nitrogens is 3. The Morgan fingerprint density at radius 3 is 2.56 bits per heavy atom. The van der Waals surface area contributed by atoms with Crippen LogP contribution in [0.4, 0.5) is 10.1 Å². The summed E-state index contributed by atoms with van der Waals surface area (Å²) in [6, 6.07) is 22.3. The molecule has 0 spiro atoms. The van der Waals surface area contributed by atoms with E-state index in [4.69, 9.17) is 11.6 Å². The van der Waals surface area contributed by atoms with E-state index in [9.17, 15) is 9.18 Å². The molecule has 0 radical (unpaired) electrons.